The number of hydrogen-bond donors (Lipinski definition) is 1. The molecule has 152 valence electrons. The first-order valence-corrected chi connectivity index (χ1v) is 9.59. The molecular weight excluding hydrogens is 365 g/mol. The van der Waals surface area contributed by atoms with Crippen LogP contribution in [0.2, 0.25) is 0 Å². The van der Waals surface area contributed by atoms with Crippen LogP contribution in [-0.4, -0.2) is 67.8 Å². The van der Waals surface area contributed by atoms with Gasteiger partial charge in [0.15, 0.2) is 0 Å². The summed E-state index contributed by atoms with van der Waals surface area (Å²) in [5.74, 6) is -1.03. The highest BCUT2D eigenvalue weighted by atomic mass is 19.1. The molecule has 3 rings (SSSR count). The highest BCUT2D eigenvalue weighted by molar-refractivity contribution is 5.95. The Bertz CT molecular complexity index is 762. The highest BCUT2D eigenvalue weighted by Gasteiger charge is 2.39. The Balaban J connectivity index is 2.09. The van der Waals surface area contributed by atoms with Crippen molar-refractivity contribution in [3.63, 3.8) is 0 Å². The van der Waals surface area contributed by atoms with Gasteiger partial charge in [-0.05, 0) is 19.9 Å². The van der Waals surface area contributed by atoms with Crippen molar-refractivity contribution >= 4 is 12.0 Å². The van der Waals surface area contributed by atoms with E-state index in [0.29, 0.717) is 45.1 Å². The van der Waals surface area contributed by atoms with E-state index in [1.807, 2.05) is 6.92 Å². The summed E-state index contributed by atoms with van der Waals surface area (Å²) in [6.45, 7) is 7.11. The molecule has 1 saturated heterocycles. The molecule has 2 aliphatic heterocycles. The van der Waals surface area contributed by atoms with Crippen molar-refractivity contribution < 1.29 is 23.5 Å². The van der Waals surface area contributed by atoms with Gasteiger partial charge < -0.3 is 14.8 Å². The van der Waals surface area contributed by atoms with Crippen LogP contribution in [-0.2, 0) is 14.3 Å². The molecule has 0 aliphatic carbocycles. The molecule has 0 spiro atoms. The quantitative estimate of drug-likeness (QED) is 0.752. The van der Waals surface area contributed by atoms with E-state index >= 15 is 0 Å². The average Bonchev–Trinajstić information content (AvgIpc) is 2.69. The maximum absolute atomic E-state index is 14.5. The fourth-order valence-corrected chi connectivity index (χ4v) is 3.57. The van der Waals surface area contributed by atoms with Gasteiger partial charge in [0.2, 0.25) is 0 Å². The molecule has 0 radical (unpaired) electrons. The van der Waals surface area contributed by atoms with Gasteiger partial charge in [-0.1, -0.05) is 18.2 Å². The van der Waals surface area contributed by atoms with Crippen molar-refractivity contribution in [2.75, 3.05) is 46.0 Å². The van der Waals surface area contributed by atoms with Crippen LogP contribution in [0.1, 0.15) is 25.5 Å². The molecule has 2 amide bonds. The number of nitrogens with one attached hydrogen (secondary N) is 1. The minimum atomic E-state index is -0.897. The number of benzene rings is 1. The van der Waals surface area contributed by atoms with E-state index < -0.39 is 17.8 Å². The SMILES string of the molecule is CCOC(=O)C1=C(CN2CCOCC2)N(CC)C(=O)N[C@H]1c1ccccc1F. The third-order valence-corrected chi connectivity index (χ3v) is 4.94. The lowest BCUT2D eigenvalue weighted by atomic mass is 9.93. The number of hydrogen-bond acceptors (Lipinski definition) is 5. The van der Waals surface area contributed by atoms with E-state index in [0.717, 1.165) is 0 Å². The molecule has 0 aromatic heterocycles. The molecule has 1 aromatic carbocycles. The van der Waals surface area contributed by atoms with Gasteiger partial charge in [-0.25, -0.2) is 14.0 Å². The second-order valence-electron chi connectivity index (χ2n) is 6.62. The maximum atomic E-state index is 14.5. The molecule has 0 unspecified atom stereocenters. The third-order valence-electron chi connectivity index (χ3n) is 4.94. The summed E-state index contributed by atoms with van der Waals surface area (Å²) in [5, 5.41) is 2.78. The number of likely N-dealkylation sites (N-methyl/N-ethyl adjacent to an activating group) is 1. The van der Waals surface area contributed by atoms with Gasteiger partial charge in [-0.3, -0.25) is 9.80 Å². The molecular formula is C20H26FN3O4. The first-order valence-electron chi connectivity index (χ1n) is 9.59. The Kier molecular flexibility index (Phi) is 6.64. The van der Waals surface area contributed by atoms with Gasteiger partial charge in [-0.2, -0.15) is 0 Å². The molecule has 1 fully saturated rings. The van der Waals surface area contributed by atoms with Crippen molar-refractivity contribution in [3.8, 4) is 0 Å². The van der Waals surface area contributed by atoms with Crippen molar-refractivity contribution in [2.24, 2.45) is 0 Å². The Morgan fingerprint density at radius 2 is 2.00 bits per heavy atom. The molecule has 28 heavy (non-hydrogen) atoms. The Labute approximate surface area is 164 Å². The number of nitrogens with zero attached hydrogens (tertiary/aromatic N) is 2. The number of morpholine rings is 1. The van der Waals surface area contributed by atoms with Crippen molar-refractivity contribution in [3.05, 3.63) is 46.9 Å². The molecule has 2 aliphatic rings. The maximum Gasteiger partial charge on any atom is 0.338 e. The molecule has 0 bridgehead atoms. The van der Waals surface area contributed by atoms with E-state index in [9.17, 15) is 14.0 Å². The number of ether oxygens (including phenoxy) is 2. The van der Waals surface area contributed by atoms with Crippen LogP contribution in [0.15, 0.2) is 35.5 Å². The van der Waals surface area contributed by atoms with Crippen LogP contribution in [0.5, 0.6) is 0 Å². The zero-order valence-electron chi connectivity index (χ0n) is 16.2. The smallest absolute Gasteiger partial charge is 0.338 e. The Morgan fingerprint density at radius 1 is 1.29 bits per heavy atom. The predicted molar refractivity (Wildman–Crippen MR) is 101 cm³/mol. The first kappa shape index (κ1) is 20.3. The van der Waals surface area contributed by atoms with Crippen LogP contribution < -0.4 is 5.32 Å². The lowest BCUT2D eigenvalue weighted by Gasteiger charge is -2.38. The van der Waals surface area contributed by atoms with Gasteiger partial charge in [0, 0.05) is 37.4 Å². The number of urea groups is 1. The van der Waals surface area contributed by atoms with Gasteiger partial charge in [-0.15, -0.1) is 0 Å². The largest absolute Gasteiger partial charge is 0.463 e. The average molecular weight is 391 g/mol. The van der Waals surface area contributed by atoms with Crippen LogP contribution >= 0.6 is 0 Å². The number of carbonyl (C=O) groups is 2. The van der Waals surface area contributed by atoms with Gasteiger partial charge in [0.05, 0.1) is 31.4 Å². The monoisotopic (exact) mass is 391 g/mol. The highest BCUT2D eigenvalue weighted by Crippen LogP contribution is 2.33. The summed E-state index contributed by atoms with van der Waals surface area (Å²) < 4.78 is 25.2. The summed E-state index contributed by atoms with van der Waals surface area (Å²) in [6, 6.07) is 4.90. The van der Waals surface area contributed by atoms with Gasteiger partial charge in [0.1, 0.15) is 5.82 Å². The molecule has 0 saturated carbocycles. The van der Waals surface area contributed by atoms with E-state index in [-0.39, 0.29) is 23.8 Å². The topological polar surface area (TPSA) is 71.1 Å². The normalized spacial score (nSPS) is 20.9. The summed E-state index contributed by atoms with van der Waals surface area (Å²) in [6.07, 6.45) is 0. The van der Waals surface area contributed by atoms with E-state index in [2.05, 4.69) is 10.2 Å². The molecule has 7 nitrogen and oxygen atoms in total. The minimum absolute atomic E-state index is 0.192. The summed E-state index contributed by atoms with van der Waals surface area (Å²) in [5.41, 5.74) is 1.08. The fourth-order valence-electron chi connectivity index (χ4n) is 3.57. The lowest BCUT2D eigenvalue weighted by Crippen LogP contribution is -2.51. The number of amides is 2. The van der Waals surface area contributed by atoms with Crippen LogP contribution in [0.4, 0.5) is 9.18 Å². The molecule has 1 aromatic rings. The number of esters is 1. The lowest BCUT2D eigenvalue weighted by molar-refractivity contribution is -0.139. The zero-order valence-corrected chi connectivity index (χ0v) is 16.2. The van der Waals surface area contributed by atoms with Gasteiger partial charge in [0.25, 0.3) is 0 Å². The summed E-state index contributed by atoms with van der Waals surface area (Å²) in [7, 11) is 0. The predicted octanol–water partition coefficient (Wildman–Crippen LogP) is 2.06. The fraction of sp³-hybridized carbons (Fsp3) is 0.500. The molecule has 2 heterocycles. The summed E-state index contributed by atoms with van der Waals surface area (Å²) in [4.78, 5) is 29.3. The van der Waals surface area contributed by atoms with Crippen molar-refractivity contribution in [2.45, 2.75) is 19.9 Å². The van der Waals surface area contributed by atoms with Crippen molar-refractivity contribution in [1.82, 2.24) is 15.1 Å². The van der Waals surface area contributed by atoms with E-state index in [1.165, 1.54) is 11.0 Å². The number of halogens is 1. The standard InChI is InChI=1S/C20H26FN3O4/c1-3-24-16(13-23-9-11-27-12-10-23)17(19(25)28-4-2)18(22-20(24)26)14-7-5-6-8-15(14)21/h5-8,18H,3-4,9-13H2,1-2H3,(H,22,26)/t18-/m0/s1. The minimum Gasteiger partial charge on any atom is -0.463 e. The number of rotatable bonds is 6. The third kappa shape index (κ3) is 4.18. The van der Waals surface area contributed by atoms with E-state index in [1.54, 1.807) is 25.1 Å². The second kappa shape index (κ2) is 9.16. The summed E-state index contributed by atoms with van der Waals surface area (Å²) >= 11 is 0. The second-order valence-corrected chi connectivity index (χ2v) is 6.62. The van der Waals surface area contributed by atoms with Crippen LogP contribution in [0, 0.1) is 5.82 Å². The number of carbonyl (C=O) groups excluding carboxylic acids is 2. The van der Waals surface area contributed by atoms with Crippen molar-refractivity contribution in [1.29, 1.82) is 0 Å². The Hall–Kier alpha value is -2.45. The molecule has 1 atom stereocenters. The first-order chi connectivity index (χ1) is 13.6. The van der Waals surface area contributed by atoms with Crippen LogP contribution in [0.25, 0.3) is 0 Å². The van der Waals surface area contributed by atoms with Gasteiger partial charge >= 0.3 is 12.0 Å². The van der Waals surface area contributed by atoms with E-state index in [4.69, 9.17) is 9.47 Å². The molecule has 8 heteroatoms. The zero-order chi connectivity index (χ0) is 20.1. The Morgan fingerprint density at radius 3 is 2.64 bits per heavy atom. The van der Waals surface area contributed by atoms with Crippen LogP contribution in [0.3, 0.4) is 0 Å². The molecule has 1 N–H and O–H groups in total.